The lowest BCUT2D eigenvalue weighted by atomic mass is 10.0. The number of halogens is 1. The van der Waals surface area contributed by atoms with Crippen LogP contribution in [0.2, 0.25) is 0 Å². The first-order valence-corrected chi connectivity index (χ1v) is 8.56. The van der Waals surface area contributed by atoms with E-state index in [0.717, 1.165) is 24.2 Å². The summed E-state index contributed by atoms with van der Waals surface area (Å²) in [5.41, 5.74) is 2.58. The van der Waals surface area contributed by atoms with Gasteiger partial charge in [0.2, 0.25) is 0 Å². The summed E-state index contributed by atoms with van der Waals surface area (Å²) >= 11 is 0. The van der Waals surface area contributed by atoms with E-state index in [9.17, 15) is 12.8 Å². The fraction of sp³-hybridized carbons (Fsp3) is 0.571. The van der Waals surface area contributed by atoms with Crippen molar-refractivity contribution in [3.05, 3.63) is 29.3 Å². The summed E-state index contributed by atoms with van der Waals surface area (Å²) in [5.74, 6) is 0.0660. The lowest BCUT2D eigenvalue weighted by molar-refractivity contribution is 0.336. The van der Waals surface area contributed by atoms with E-state index in [0.29, 0.717) is 12.0 Å². The van der Waals surface area contributed by atoms with Gasteiger partial charge in [-0.3, -0.25) is 0 Å². The highest BCUT2D eigenvalue weighted by Gasteiger charge is 2.21. The molecule has 1 aromatic carbocycles. The molecule has 0 aliphatic carbocycles. The van der Waals surface area contributed by atoms with Crippen molar-refractivity contribution in [2.24, 2.45) is 0 Å². The molecule has 0 fully saturated rings. The predicted molar refractivity (Wildman–Crippen MR) is 76.0 cm³/mol. The molecule has 0 bridgehead atoms. The van der Waals surface area contributed by atoms with E-state index >= 15 is 0 Å². The number of hydrogen-bond donors (Lipinski definition) is 1. The molecule has 2 rings (SSSR count). The van der Waals surface area contributed by atoms with E-state index in [-0.39, 0.29) is 17.9 Å². The number of nitrogens with one attached hydrogen (secondary N) is 1. The number of sulfone groups is 1. The van der Waals surface area contributed by atoms with Gasteiger partial charge in [0.1, 0.15) is 16.0 Å². The SMILES string of the molecule is CCCS(=O)(=O)CCC(F)c1cccc2c1NCC2. The first-order valence-electron chi connectivity index (χ1n) is 6.73. The molecule has 0 radical (unpaired) electrons. The lowest BCUT2D eigenvalue weighted by Crippen LogP contribution is -2.12. The number of hydrogen-bond acceptors (Lipinski definition) is 3. The van der Waals surface area contributed by atoms with Crippen molar-refractivity contribution in [3.63, 3.8) is 0 Å². The molecule has 1 atom stereocenters. The zero-order valence-electron chi connectivity index (χ0n) is 11.2. The highest BCUT2D eigenvalue weighted by atomic mass is 32.2. The fourth-order valence-corrected chi connectivity index (χ4v) is 3.87. The van der Waals surface area contributed by atoms with Gasteiger partial charge < -0.3 is 5.32 Å². The summed E-state index contributed by atoms with van der Waals surface area (Å²) in [6, 6.07) is 5.57. The summed E-state index contributed by atoms with van der Waals surface area (Å²) in [7, 11) is -3.11. The van der Waals surface area contributed by atoms with Gasteiger partial charge in [-0.1, -0.05) is 25.1 Å². The number of rotatable bonds is 6. The van der Waals surface area contributed by atoms with Crippen molar-refractivity contribution in [2.45, 2.75) is 32.4 Å². The molecule has 5 heteroatoms. The maximum atomic E-state index is 14.3. The fourth-order valence-electron chi connectivity index (χ4n) is 2.48. The number of para-hydroxylation sites is 1. The number of fused-ring (bicyclic) bond motifs is 1. The quantitative estimate of drug-likeness (QED) is 0.874. The Morgan fingerprint density at radius 1 is 1.37 bits per heavy atom. The minimum atomic E-state index is -3.11. The summed E-state index contributed by atoms with van der Waals surface area (Å²) in [6.07, 6.45) is 0.318. The van der Waals surface area contributed by atoms with Crippen molar-refractivity contribution >= 4 is 15.5 Å². The van der Waals surface area contributed by atoms with Gasteiger partial charge >= 0.3 is 0 Å². The molecule has 1 heterocycles. The lowest BCUT2D eigenvalue weighted by Gasteiger charge is -2.13. The van der Waals surface area contributed by atoms with Gasteiger partial charge in [-0.05, 0) is 24.8 Å². The van der Waals surface area contributed by atoms with Gasteiger partial charge in [0, 0.05) is 23.5 Å². The molecule has 0 aromatic heterocycles. The summed E-state index contributed by atoms with van der Waals surface area (Å²) in [5, 5.41) is 3.18. The number of alkyl halides is 1. The standard InChI is InChI=1S/C14H20FNO2S/c1-2-9-19(17,18)10-7-13(15)12-5-3-4-11-6-8-16-14(11)12/h3-5,13,16H,2,6-10H2,1H3. The highest BCUT2D eigenvalue weighted by Crippen LogP contribution is 2.34. The highest BCUT2D eigenvalue weighted by molar-refractivity contribution is 7.91. The van der Waals surface area contributed by atoms with Crippen LogP contribution in [0.1, 0.15) is 37.1 Å². The van der Waals surface area contributed by atoms with E-state index in [1.807, 2.05) is 19.1 Å². The van der Waals surface area contributed by atoms with Crippen LogP contribution in [-0.2, 0) is 16.3 Å². The van der Waals surface area contributed by atoms with Gasteiger partial charge in [-0.25, -0.2) is 12.8 Å². The molecule has 1 aromatic rings. The third kappa shape index (κ3) is 3.47. The number of benzene rings is 1. The van der Waals surface area contributed by atoms with Crippen LogP contribution in [-0.4, -0.2) is 26.5 Å². The summed E-state index contributed by atoms with van der Waals surface area (Å²) < 4.78 is 37.5. The maximum Gasteiger partial charge on any atom is 0.150 e. The molecule has 1 unspecified atom stereocenters. The van der Waals surface area contributed by atoms with E-state index in [2.05, 4.69) is 5.32 Å². The zero-order chi connectivity index (χ0) is 13.9. The van der Waals surface area contributed by atoms with Gasteiger partial charge in [0.25, 0.3) is 0 Å². The number of anilines is 1. The molecule has 19 heavy (non-hydrogen) atoms. The average molecular weight is 285 g/mol. The Bertz CT molecular complexity index is 542. The molecule has 0 saturated carbocycles. The normalized spacial score (nSPS) is 15.9. The van der Waals surface area contributed by atoms with Crippen LogP contribution in [0.4, 0.5) is 10.1 Å². The Kier molecular flexibility index (Phi) is 4.45. The predicted octanol–water partition coefficient (Wildman–Crippen LogP) is 2.88. The zero-order valence-corrected chi connectivity index (χ0v) is 12.0. The van der Waals surface area contributed by atoms with Crippen molar-refractivity contribution in [1.82, 2.24) is 0 Å². The third-order valence-electron chi connectivity index (χ3n) is 3.41. The first kappa shape index (κ1) is 14.3. The minimum Gasteiger partial charge on any atom is -0.384 e. The van der Waals surface area contributed by atoms with E-state index in [1.54, 1.807) is 6.07 Å². The largest absolute Gasteiger partial charge is 0.384 e. The first-order chi connectivity index (χ1) is 9.03. The Hall–Kier alpha value is -1.10. The molecule has 0 saturated heterocycles. The second-order valence-electron chi connectivity index (χ2n) is 4.97. The Balaban J connectivity index is 2.05. The van der Waals surface area contributed by atoms with Crippen LogP contribution in [0.15, 0.2) is 18.2 Å². The second kappa shape index (κ2) is 5.90. The van der Waals surface area contributed by atoms with Gasteiger partial charge in [0.15, 0.2) is 0 Å². The van der Waals surface area contributed by atoms with Crippen LogP contribution in [0, 0.1) is 0 Å². The smallest absolute Gasteiger partial charge is 0.150 e. The molecular formula is C14H20FNO2S. The summed E-state index contributed by atoms with van der Waals surface area (Å²) in [4.78, 5) is 0. The third-order valence-corrected chi connectivity index (χ3v) is 5.30. The minimum absolute atomic E-state index is 0.0421. The van der Waals surface area contributed by atoms with Gasteiger partial charge in [0.05, 0.1) is 5.75 Å². The van der Waals surface area contributed by atoms with E-state index < -0.39 is 16.0 Å². The topological polar surface area (TPSA) is 46.2 Å². The molecule has 3 nitrogen and oxygen atoms in total. The average Bonchev–Trinajstić information content (AvgIpc) is 2.84. The molecular weight excluding hydrogens is 265 g/mol. The molecule has 0 amide bonds. The van der Waals surface area contributed by atoms with Crippen LogP contribution in [0.3, 0.4) is 0 Å². The van der Waals surface area contributed by atoms with Crippen LogP contribution >= 0.6 is 0 Å². The van der Waals surface area contributed by atoms with Gasteiger partial charge in [-0.15, -0.1) is 0 Å². The molecule has 1 aliphatic heterocycles. The second-order valence-corrected chi connectivity index (χ2v) is 7.27. The molecule has 1 N–H and O–H groups in total. The Morgan fingerprint density at radius 2 is 2.16 bits per heavy atom. The molecule has 1 aliphatic rings. The monoisotopic (exact) mass is 285 g/mol. The van der Waals surface area contributed by atoms with Gasteiger partial charge in [-0.2, -0.15) is 0 Å². The molecule has 0 spiro atoms. The van der Waals surface area contributed by atoms with E-state index in [1.165, 1.54) is 0 Å². The van der Waals surface area contributed by atoms with Crippen molar-refractivity contribution in [3.8, 4) is 0 Å². The van der Waals surface area contributed by atoms with Crippen molar-refractivity contribution in [2.75, 3.05) is 23.4 Å². The van der Waals surface area contributed by atoms with Crippen LogP contribution < -0.4 is 5.32 Å². The van der Waals surface area contributed by atoms with Crippen molar-refractivity contribution in [1.29, 1.82) is 0 Å². The summed E-state index contributed by atoms with van der Waals surface area (Å²) in [6.45, 7) is 2.64. The van der Waals surface area contributed by atoms with Crippen LogP contribution in [0.5, 0.6) is 0 Å². The van der Waals surface area contributed by atoms with Crippen molar-refractivity contribution < 1.29 is 12.8 Å². The maximum absolute atomic E-state index is 14.3. The Morgan fingerprint density at radius 3 is 2.89 bits per heavy atom. The van der Waals surface area contributed by atoms with E-state index in [4.69, 9.17) is 0 Å². The Labute approximate surface area is 114 Å². The van der Waals surface area contributed by atoms with Crippen LogP contribution in [0.25, 0.3) is 0 Å². The molecule has 106 valence electrons.